The first kappa shape index (κ1) is 13.6. The zero-order chi connectivity index (χ0) is 12.2. The molecule has 1 aromatic rings. The minimum atomic E-state index is 0.212. The van der Waals surface area contributed by atoms with Gasteiger partial charge in [-0.15, -0.1) is 0 Å². The first-order valence-electron chi connectivity index (χ1n) is 5.54. The van der Waals surface area contributed by atoms with E-state index in [1.807, 2.05) is 0 Å². The van der Waals surface area contributed by atoms with Crippen molar-refractivity contribution in [1.82, 2.24) is 5.43 Å². The van der Waals surface area contributed by atoms with Crippen molar-refractivity contribution in [2.45, 2.75) is 32.2 Å². The van der Waals surface area contributed by atoms with E-state index in [0.717, 1.165) is 5.75 Å². The summed E-state index contributed by atoms with van der Waals surface area (Å²) in [6.07, 6.45) is 2.09. The van der Waals surface area contributed by atoms with Crippen molar-refractivity contribution in [3.8, 4) is 0 Å². The second-order valence-corrected chi connectivity index (χ2v) is 5.96. The molecule has 0 heterocycles. The van der Waals surface area contributed by atoms with Crippen LogP contribution in [0.2, 0.25) is 0 Å². The first-order chi connectivity index (χ1) is 7.49. The molecule has 0 fully saturated rings. The molecule has 90 valence electrons. The van der Waals surface area contributed by atoms with Crippen LogP contribution in [0.4, 0.5) is 0 Å². The SMILES string of the molecule is CSCC(NN)c1ccc(C(C)(C)C)cc1. The highest BCUT2D eigenvalue weighted by molar-refractivity contribution is 7.98. The van der Waals surface area contributed by atoms with Crippen LogP contribution in [-0.2, 0) is 5.41 Å². The van der Waals surface area contributed by atoms with Gasteiger partial charge in [0.1, 0.15) is 0 Å². The lowest BCUT2D eigenvalue weighted by Crippen LogP contribution is -2.29. The summed E-state index contributed by atoms with van der Waals surface area (Å²) in [5.74, 6) is 6.54. The van der Waals surface area contributed by atoms with Gasteiger partial charge in [-0.05, 0) is 22.8 Å². The van der Waals surface area contributed by atoms with Gasteiger partial charge in [-0.1, -0.05) is 45.0 Å². The van der Waals surface area contributed by atoms with Crippen molar-refractivity contribution in [3.63, 3.8) is 0 Å². The summed E-state index contributed by atoms with van der Waals surface area (Å²) >= 11 is 1.80. The van der Waals surface area contributed by atoms with Crippen LogP contribution >= 0.6 is 11.8 Å². The molecule has 0 radical (unpaired) electrons. The van der Waals surface area contributed by atoms with Crippen LogP contribution < -0.4 is 11.3 Å². The third-order valence-corrected chi connectivity index (χ3v) is 3.38. The third kappa shape index (κ3) is 3.51. The number of hydrogen-bond acceptors (Lipinski definition) is 3. The van der Waals surface area contributed by atoms with Gasteiger partial charge >= 0.3 is 0 Å². The molecule has 0 aliphatic carbocycles. The minimum absolute atomic E-state index is 0.212. The van der Waals surface area contributed by atoms with Crippen molar-refractivity contribution in [2.75, 3.05) is 12.0 Å². The fourth-order valence-electron chi connectivity index (χ4n) is 1.62. The molecule has 0 aliphatic rings. The van der Waals surface area contributed by atoms with Crippen LogP contribution in [0.1, 0.15) is 37.9 Å². The van der Waals surface area contributed by atoms with E-state index < -0.39 is 0 Å². The van der Waals surface area contributed by atoms with Crippen molar-refractivity contribution in [3.05, 3.63) is 35.4 Å². The number of benzene rings is 1. The normalized spacial score (nSPS) is 13.8. The fraction of sp³-hybridized carbons (Fsp3) is 0.538. The average Bonchev–Trinajstić information content (AvgIpc) is 2.25. The highest BCUT2D eigenvalue weighted by Gasteiger charge is 2.14. The molecule has 1 unspecified atom stereocenters. The Bertz CT molecular complexity index is 314. The topological polar surface area (TPSA) is 38.0 Å². The van der Waals surface area contributed by atoms with Gasteiger partial charge in [0.2, 0.25) is 0 Å². The molecule has 1 aromatic carbocycles. The number of rotatable bonds is 4. The van der Waals surface area contributed by atoms with Gasteiger partial charge in [-0.25, -0.2) is 0 Å². The third-order valence-electron chi connectivity index (χ3n) is 2.71. The van der Waals surface area contributed by atoms with Gasteiger partial charge < -0.3 is 0 Å². The molecule has 1 rings (SSSR count). The molecular weight excluding hydrogens is 216 g/mol. The van der Waals surface area contributed by atoms with Crippen LogP contribution in [0.25, 0.3) is 0 Å². The van der Waals surface area contributed by atoms with Gasteiger partial charge in [-0.2, -0.15) is 11.8 Å². The van der Waals surface area contributed by atoms with Crippen LogP contribution in [0.5, 0.6) is 0 Å². The molecule has 0 spiro atoms. The molecule has 0 saturated carbocycles. The molecule has 3 heteroatoms. The average molecular weight is 238 g/mol. The smallest absolute Gasteiger partial charge is 0.0550 e. The van der Waals surface area contributed by atoms with E-state index in [-0.39, 0.29) is 11.5 Å². The molecular formula is C13H22N2S. The zero-order valence-corrected chi connectivity index (χ0v) is 11.4. The summed E-state index contributed by atoms with van der Waals surface area (Å²) < 4.78 is 0. The molecule has 1 atom stereocenters. The van der Waals surface area contributed by atoms with E-state index in [1.54, 1.807) is 11.8 Å². The van der Waals surface area contributed by atoms with Gasteiger partial charge in [-0.3, -0.25) is 11.3 Å². The molecule has 0 aliphatic heterocycles. The molecule has 0 saturated heterocycles. The standard InChI is InChI=1S/C13H22N2S/c1-13(2,3)11-7-5-10(6-8-11)12(15-14)9-16-4/h5-8,12,15H,9,14H2,1-4H3. The molecule has 16 heavy (non-hydrogen) atoms. The van der Waals surface area contributed by atoms with Crippen molar-refractivity contribution >= 4 is 11.8 Å². The fourth-order valence-corrected chi connectivity index (χ4v) is 2.24. The number of hydrazine groups is 1. The van der Waals surface area contributed by atoms with Crippen LogP contribution in [0, 0.1) is 0 Å². The highest BCUT2D eigenvalue weighted by Crippen LogP contribution is 2.24. The lowest BCUT2D eigenvalue weighted by Gasteiger charge is -2.21. The number of nitrogens with two attached hydrogens (primary N) is 1. The van der Waals surface area contributed by atoms with E-state index >= 15 is 0 Å². The quantitative estimate of drug-likeness (QED) is 0.626. The summed E-state index contributed by atoms with van der Waals surface area (Å²) in [6, 6.07) is 8.96. The predicted octanol–water partition coefficient (Wildman–Crippen LogP) is 2.85. The van der Waals surface area contributed by atoms with Crippen molar-refractivity contribution < 1.29 is 0 Å². The second-order valence-electron chi connectivity index (χ2n) is 5.05. The molecule has 0 bridgehead atoms. The van der Waals surface area contributed by atoms with Crippen molar-refractivity contribution in [1.29, 1.82) is 0 Å². The van der Waals surface area contributed by atoms with E-state index in [1.165, 1.54) is 11.1 Å². The Hall–Kier alpha value is -0.510. The maximum absolute atomic E-state index is 5.55. The van der Waals surface area contributed by atoms with E-state index in [2.05, 4.69) is 56.7 Å². The zero-order valence-electron chi connectivity index (χ0n) is 10.6. The largest absolute Gasteiger partial charge is 0.271 e. The molecule has 2 nitrogen and oxygen atoms in total. The minimum Gasteiger partial charge on any atom is -0.271 e. The van der Waals surface area contributed by atoms with Crippen LogP contribution in [0.3, 0.4) is 0 Å². The maximum Gasteiger partial charge on any atom is 0.0550 e. The maximum atomic E-state index is 5.55. The van der Waals surface area contributed by atoms with Crippen LogP contribution in [0.15, 0.2) is 24.3 Å². The Kier molecular flexibility index (Phi) is 4.84. The summed E-state index contributed by atoms with van der Waals surface area (Å²) in [5.41, 5.74) is 5.68. The highest BCUT2D eigenvalue weighted by atomic mass is 32.2. The van der Waals surface area contributed by atoms with E-state index in [0.29, 0.717) is 0 Å². The van der Waals surface area contributed by atoms with Gasteiger partial charge in [0.15, 0.2) is 0 Å². The van der Waals surface area contributed by atoms with Crippen molar-refractivity contribution in [2.24, 2.45) is 5.84 Å². The van der Waals surface area contributed by atoms with Gasteiger partial charge in [0, 0.05) is 5.75 Å². The Labute approximate surface area is 103 Å². The summed E-state index contributed by atoms with van der Waals surface area (Å²) in [6.45, 7) is 6.67. The number of hydrogen-bond donors (Lipinski definition) is 2. The summed E-state index contributed by atoms with van der Waals surface area (Å²) in [5, 5.41) is 0. The van der Waals surface area contributed by atoms with E-state index in [9.17, 15) is 0 Å². The molecule has 0 aromatic heterocycles. The van der Waals surface area contributed by atoms with Gasteiger partial charge in [0.25, 0.3) is 0 Å². The van der Waals surface area contributed by atoms with E-state index in [4.69, 9.17) is 5.84 Å². The lowest BCUT2D eigenvalue weighted by molar-refractivity contribution is 0.585. The first-order valence-corrected chi connectivity index (χ1v) is 6.94. The lowest BCUT2D eigenvalue weighted by atomic mass is 9.86. The Morgan fingerprint density at radius 3 is 2.19 bits per heavy atom. The predicted molar refractivity (Wildman–Crippen MR) is 73.6 cm³/mol. The monoisotopic (exact) mass is 238 g/mol. The van der Waals surface area contributed by atoms with Crippen LogP contribution in [-0.4, -0.2) is 12.0 Å². The Balaban J connectivity index is 2.85. The number of nitrogens with one attached hydrogen (secondary N) is 1. The Morgan fingerprint density at radius 2 is 1.81 bits per heavy atom. The van der Waals surface area contributed by atoms with Gasteiger partial charge in [0.05, 0.1) is 6.04 Å². The Morgan fingerprint density at radius 1 is 1.25 bits per heavy atom. The second kappa shape index (κ2) is 5.71. The molecule has 0 amide bonds. The molecule has 3 N–H and O–H groups in total. The number of thioether (sulfide) groups is 1. The summed E-state index contributed by atoms with van der Waals surface area (Å²) in [7, 11) is 0. The summed E-state index contributed by atoms with van der Waals surface area (Å²) in [4.78, 5) is 0.